The Bertz CT molecular complexity index is 1680. The summed E-state index contributed by atoms with van der Waals surface area (Å²) in [4.78, 5) is 30.6. The van der Waals surface area contributed by atoms with Gasteiger partial charge in [-0.3, -0.25) is 13.9 Å². The monoisotopic (exact) mass is 659 g/mol. The molecule has 4 aromatic carbocycles. The largest absolute Gasteiger partial charge is 0.494 e. The van der Waals surface area contributed by atoms with Crippen LogP contribution in [-0.4, -0.2) is 57.1 Å². The van der Waals surface area contributed by atoms with Gasteiger partial charge in [0.25, 0.3) is 10.0 Å². The van der Waals surface area contributed by atoms with Gasteiger partial charge in [-0.25, -0.2) is 8.42 Å². The lowest BCUT2D eigenvalue weighted by molar-refractivity contribution is -0.140. The number of likely N-dealkylation sites (N-methyl/N-ethyl adjacent to an activating group) is 1. The summed E-state index contributed by atoms with van der Waals surface area (Å²) in [5.74, 6) is -0.236. The Balaban J connectivity index is 1.79. The summed E-state index contributed by atoms with van der Waals surface area (Å²) < 4.78 is 35.2. The smallest absolute Gasteiger partial charge is 0.264 e. The molecule has 0 unspecified atom stereocenters. The number of hydrogen-bond donors (Lipinski definition) is 1. The number of ether oxygens (including phenoxy) is 1. The minimum Gasteiger partial charge on any atom is -0.494 e. The molecular weight excluding hydrogens is 619 g/mol. The van der Waals surface area contributed by atoms with Crippen LogP contribution in [-0.2, 0) is 32.6 Å². The first-order chi connectivity index (χ1) is 22.2. The van der Waals surface area contributed by atoms with Crippen LogP contribution < -0.4 is 14.4 Å². The van der Waals surface area contributed by atoms with E-state index in [-0.39, 0.29) is 23.8 Å². The second-order valence-electron chi connectivity index (χ2n) is 10.7. The Hall–Kier alpha value is -4.28. The molecule has 0 spiro atoms. The number of benzene rings is 4. The standard InChI is InChI=1S/C36H41N3O5S2/c1-5-37-36(41)34(24-28-10-8-7-9-11-28)38(25-29-14-12-27(3)13-15-29)35(40)26-39(30-16-18-31(19-17-30)44-6-2)46(42,43)33-22-20-32(45-4)21-23-33/h7-23,34H,5-6,24-26H2,1-4H3,(H,37,41)/t34-/m0/s1. The molecule has 0 fully saturated rings. The highest BCUT2D eigenvalue weighted by atomic mass is 32.2. The van der Waals surface area contributed by atoms with Crippen molar-refractivity contribution in [1.82, 2.24) is 10.2 Å². The number of anilines is 1. The summed E-state index contributed by atoms with van der Waals surface area (Å²) in [5, 5.41) is 2.89. The Morgan fingerprint density at radius 1 is 0.848 bits per heavy atom. The zero-order chi connectivity index (χ0) is 33.1. The van der Waals surface area contributed by atoms with E-state index in [0.29, 0.717) is 24.6 Å². The number of aryl methyl sites for hydroxylation is 1. The summed E-state index contributed by atoms with van der Waals surface area (Å²) >= 11 is 1.50. The predicted octanol–water partition coefficient (Wildman–Crippen LogP) is 6.09. The molecule has 2 amide bonds. The molecule has 4 rings (SSSR count). The second-order valence-corrected chi connectivity index (χ2v) is 13.5. The van der Waals surface area contributed by atoms with Gasteiger partial charge in [0.15, 0.2) is 0 Å². The van der Waals surface area contributed by atoms with Crippen molar-refractivity contribution >= 4 is 39.3 Å². The average Bonchev–Trinajstić information content (AvgIpc) is 3.07. The molecule has 0 bridgehead atoms. The normalized spacial score (nSPS) is 11.8. The molecule has 0 aliphatic rings. The van der Waals surface area contributed by atoms with E-state index in [1.54, 1.807) is 48.5 Å². The van der Waals surface area contributed by atoms with E-state index in [4.69, 9.17) is 4.74 Å². The Morgan fingerprint density at radius 3 is 2.09 bits per heavy atom. The van der Waals surface area contributed by atoms with Crippen LogP contribution in [0.2, 0.25) is 0 Å². The number of hydrogen-bond acceptors (Lipinski definition) is 6. The maximum Gasteiger partial charge on any atom is 0.264 e. The zero-order valence-electron chi connectivity index (χ0n) is 26.7. The molecule has 0 heterocycles. The van der Waals surface area contributed by atoms with Crippen molar-refractivity contribution in [2.75, 3.05) is 30.3 Å². The summed E-state index contributed by atoms with van der Waals surface area (Å²) in [7, 11) is -4.19. The molecule has 8 nitrogen and oxygen atoms in total. The molecular formula is C36H41N3O5S2. The van der Waals surface area contributed by atoms with Crippen molar-refractivity contribution in [3.05, 3.63) is 120 Å². The number of nitrogens with zero attached hydrogens (tertiary/aromatic N) is 2. The molecule has 0 saturated heterocycles. The van der Waals surface area contributed by atoms with Crippen molar-refractivity contribution in [2.24, 2.45) is 0 Å². The first kappa shape index (κ1) is 34.6. The van der Waals surface area contributed by atoms with E-state index in [2.05, 4.69) is 5.32 Å². The summed E-state index contributed by atoms with van der Waals surface area (Å²) in [6.07, 6.45) is 2.17. The fourth-order valence-electron chi connectivity index (χ4n) is 5.02. The number of thioether (sulfide) groups is 1. The summed E-state index contributed by atoms with van der Waals surface area (Å²) in [6.45, 7) is 6.11. The van der Waals surface area contributed by atoms with Crippen molar-refractivity contribution in [1.29, 1.82) is 0 Å². The predicted molar refractivity (Wildman–Crippen MR) is 185 cm³/mol. The number of amides is 2. The van der Waals surface area contributed by atoms with Gasteiger partial charge in [-0.1, -0.05) is 60.2 Å². The Kier molecular flexibility index (Phi) is 12.3. The molecule has 0 radical (unpaired) electrons. The van der Waals surface area contributed by atoms with Crippen molar-refractivity contribution in [2.45, 2.75) is 49.6 Å². The number of sulfonamides is 1. The van der Waals surface area contributed by atoms with Crippen molar-refractivity contribution in [3.8, 4) is 5.75 Å². The van der Waals surface area contributed by atoms with Gasteiger partial charge in [-0.15, -0.1) is 11.8 Å². The fraction of sp³-hybridized carbons (Fsp3) is 0.278. The van der Waals surface area contributed by atoms with E-state index >= 15 is 0 Å². The van der Waals surface area contributed by atoms with Crippen LogP contribution >= 0.6 is 11.8 Å². The average molecular weight is 660 g/mol. The molecule has 46 heavy (non-hydrogen) atoms. The quantitative estimate of drug-likeness (QED) is 0.155. The van der Waals surface area contributed by atoms with E-state index in [9.17, 15) is 18.0 Å². The third kappa shape index (κ3) is 8.92. The lowest BCUT2D eigenvalue weighted by Crippen LogP contribution is -2.53. The van der Waals surface area contributed by atoms with E-state index < -0.39 is 28.5 Å². The van der Waals surface area contributed by atoms with Crippen LogP contribution in [0.15, 0.2) is 113 Å². The highest BCUT2D eigenvalue weighted by Crippen LogP contribution is 2.28. The maximum absolute atomic E-state index is 14.5. The SMILES string of the molecule is CCNC(=O)[C@H](Cc1ccccc1)N(Cc1ccc(C)cc1)C(=O)CN(c1ccc(OCC)cc1)S(=O)(=O)c1ccc(SC)cc1. The molecule has 4 aromatic rings. The van der Waals surface area contributed by atoms with E-state index in [1.165, 1.54) is 16.7 Å². The molecule has 1 N–H and O–H groups in total. The van der Waals surface area contributed by atoms with E-state index in [0.717, 1.165) is 25.9 Å². The third-order valence-electron chi connectivity index (χ3n) is 7.46. The van der Waals surface area contributed by atoms with Crippen molar-refractivity contribution < 1.29 is 22.7 Å². The van der Waals surface area contributed by atoms with Crippen LogP contribution in [0.3, 0.4) is 0 Å². The van der Waals surface area contributed by atoms with Gasteiger partial charge in [0.2, 0.25) is 11.8 Å². The van der Waals surface area contributed by atoms with Crippen LogP contribution in [0.4, 0.5) is 5.69 Å². The van der Waals surface area contributed by atoms with E-state index in [1.807, 2.05) is 81.6 Å². The second kappa shape index (κ2) is 16.3. The summed E-state index contributed by atoms with van der Waals surface area (Å²) in [5.41, 5.74) is 3.07. The minimum atomic E-state index is -4.19. The first-order valence-electron chi connectivity index (χ1n) is 15.2. The molecule has 1 atom stereocenters. The number of rotatable bonds is 15. The molecule has 0 aliphatic heterocycles. The highest BCUT2D eigenvalue weighted by Gasteiger charge is 2.34. The highest BCUT2D eigenvalue weighted by molar-refractivity contribution is 7.98. The Labute approximate surface area is 276 Å². The molecule has 0 aromatic heterocycles. The third-order valence-corrected chi connectivity index (χ3v) is 9.99. The zero-order valence-corrected chi connectivity index (χ0v) is 28.3. The minimum absolute atomic E-state index is 0.0571. The summed E-state index contributed by atoms with van der Waals surface area (Å²) in [6, 6.07) is 29.5. The first-order valence-corrected chi connectivity index (χ1v) is 17.9. The molecule has 0 aliphatic carbocycles. The number of nitrogens with one attached hydrogen (secondary N) is 1. The Morgan fingerprint density at radius 2 is 1.50 bits per heavy atom. The topological polar surface area (TPSA) is 96.0 Å². The molecule has 242 valence electrons. The fourth-order valence-corrected chi connectivity index (χ4v) is 6.84. The van der Waals surface area contributed by atoms with Crippen LogP contribution in [0.25, 0.3) is 0 Å². The van der Waals surface area contributed by atoms with Gasteiger partial charge in [-0.2, -0.15) is 0 Å². The van der Waals surface area contributed by atoms with Crippen LogP contribution in [0, 0.1) is 6.92 Å². The number of carbonyl (C=O) groups excluding carboxylic acids is 2. The lowest BCUT2D eigenvalue weighted by atomic mass is 10.0. The van der Waals surface area contributed by atoms with Gasteiger partial charge >= 0.3 is 0 Å². The van der Waals surface area contributed by atoms with Gasteiger partial charge in [-0.05, 0) is 86.7 Å². The van der Waals surface area contributed by atoms with Crippen LogP contribution in [0.1, 0.15) is 30.5 Å². The van der Waals surface area contributed by atoms with Gasteiger partial charge < -0.3 is 15.0 Å². The maximum atomic E-state index is 14.5. The van der Waals surface area contributed by atoms with Gasteiger partial charge in [0.1, 0.15) is 18.3 Å². The lowest BCUT2D eigenvalue weighted by Gasteiger charge is -2.34. The van der Waals surface area contributed by atoms with Crippen molar-refractivity contribution in [3.63, 3.8) is 0 Å². The van der Waals surface area contributed by atoms with Gasteiger partial charge in [0.05, 0.1) is 17.2 Å². The molecule has 10 heteroatoms. The van der Waals surface area contributed by atoms with Gasteiger partial charge in [0, 0.05) is 24.4 Å². The number of carbonyl (C=O) groups is 2. The van der Waals surface area contributed by atoms with Crippen LogP contribution in [0.5, 0.6) is 5.75 Å². The molecule has 0 saturated carbocycles.